The molecular weight excluding hydrogens is 420 g/mol. The van der Waals surface area contributed by atoms with E-state index >= 15 is 0 Å². The Bertz CT molecular complexity index is 1260. The van der Waals surface area contributed by atoms with Gasteiger partial charge < -0.3 is 14.6 Å². The second-order valence-electron chi connectivity index (χ2n) is 7.64. The summed E-state index contributed by atoms with van der Waals surface area (Å²) in [5.74, 6) is -1.16. The molecule has 170 valence electrons. The monoisotopic (exact) mass is 446 g/mol. The highest BCUT2D eigenvalue weighted by Gasteiger charge is 2.20. The van der Waals surface area contributed by atoms with Crippen LogP contribution in [-0.2, 0) is 27.3 Å². The summed E-state index contributed by atoms with van der Waals surface area (Å²) < 4.78 is 6.94. The molecule has 33 heavy (non-hydrogen) atoms. The summed E-state index contributed by atoms with van der Waals surface area (Å²) in [7, 11) is 0. The Morgan fingerprint density at radius 2 is 1.91 bits per heavy atom. The van der Waals surface area contributed by atoms with Crippen molar-refractivity contribution in [2.45, 2.75) is 52.2 Å². The van der Waals surface area contributed by atoms with Crippen molar-refractivity contribution < 1.29 is 14.3 Å². The first-order valence-corrected chi connectivity index (χ1v) is 10.9. The minimum Gasteiger partial charge on any atom is -0.453 e. The molecule has 2 aromatic carbocycles. The third-order valence-electron chi connectivity index (χ3n) is 5.20. The van der Waals surface area contributed by atoms with E-state index in [1.54, 1.807) is 28.8 Å². The highest BCUT2D eigenvalue weighted by atomic mass is 16.5. The van der Waals surface area contributed by atoms with E-state index in [0.717, 1.165) is 18.4 Å². The average molecular weight is 447 g/mol. The standard InChI is InChI=1S/C25H26N4O4/c1-3-4-15-29-22-12-8-7-11-20(22)27-21(25(29)32)13-14-23(30)33-17(2)24(31)28-19-10-6-5-9-18(19)16-26/h5-12,17H,3-4,13-15H2,1-2H3,(H,28,31). The summed E-state index contributed by atoms with van der Waals surface area (Å²) in [6, 6.07) is 16.0. The van der Waals surface area contributed by atoms with Gasteiger partial charge in [-0.25, -0.2) is 4.98 Å². The normalized spacial score (nSPS) is 11.5. The maximum Gasteiger partial charge on any atom is 0.306 e. The van der Waals surface area contributed by atoms with Crippen molar-refractivity contribution in [1.82, 2.24) is 9.55 Å². The number of hydrogen-bond acceptors (Lipinski definition) is 6. The predicted octanol–water partition coefficient (Wildman–Crippen LogP) is 3.57. The second-order valence-corrected chi connectivity index (χ2v) is 7.64. The number of hydrogen-bond donors (Lipinski definition) is 1. The highest BCUT2D eigenvalue weighted by molar-refractivity contribution is 5.96. The number of benzene rings is 2. The molecule has 1 aromatic heterocycles. The van der Waals surface area contributed by atoms with E-state index in [4.69, 9.17) is 10.00 Å². The molecule has 0 aliphatic rings. The molecule has 0 aliphatic heterocycles. The quantitative estimate of drug-likeness (QED) is 0.503. The molecule has 3 aromatic rings. The molecule has 1 heterocycles. The summed E-state index contributed by atoms with van der Waals surface area (Å²) in [6.07, 6.45) is 0.775. The number of esters is 1. The van der Waals surface area contributed by atoms with Crippen LogP contribution in [0.5, 0.6) is 0 Å². The van der Waals surface area contributed by atoms with Crippen LogP contribution in [0.1, 0.15) is 44.4 Å². The number of rotatable bonds is 9. The van der Waals surface area contributed by atoms with Gasteiger partial charge in [-0.15, -0.1) is 0 Å². The van der Waals surface area contributed by atoms with Crippen molar-refractivity contribution in [3.63, 3.8) is 0 Å². The van der Waals surface area contributed by atoms with Crippen molar-refractivity contribution in [3.05, 3.63) is 70.1 Å². The van der Waals surface area contributed by atoms with E-state index in [-0.39, 0.29) is 18.4 Å². The van der Waals surface area contributed by atoms with Crippen LogP contribution >= 0.6 is 0 Å². The van der Waals surface area contributed by atoms with Crippen LogP contribution in [0, 0.1) is 11.3 Å². The Kier molecular flexibility index (Phi) is 7.92. The van der Waals surface area contributed by atoms with Crippen LogP contribution < -0.4 is 10.9 Å². The van der Waals surface area contributed by atoms with E-state index in [9.17, 15) is 14.4 Å². The van der Waals surface area contributed by atoms with Gasteiger partial charge in [0.25, 0.3) is 11.5 Å². The minimum absolute atomic E-state index is 0.0826. The summed E-state index contributed by atoms with van der Waals surface area (Å²) in [6.45, 7) is 4.09. The number of para-hydroxylation sites is 3. The molecule has 1 N–H and O–H groups in total. The number of nitriles is 1. The molecule has 0 saturated heterocycles. The largest absolute Gasteiger partial charge is 0.453 e. The van der Waals surface area contributed by atoms with Crippen LogP contribution in [0.25, 0.3) is 11.0 Å². The molecule has 1 unspecified atom stereocenters. The smallest absolute Gasteiger partial charge is 0.306 e. The number of nitrogens with zero attached hydrogens (tertiary/aromatic N) is 3. The Morgan fingerprint density at radius 3 is 2.67 bits per heavy atom. The average Bonchev–Trinajstić information content (AvgIpc) is 2.82. The van der Waals surface area contributed by atoms with Crippen LogP contribution in [0.4, 0.5) is 5.69 Å². The molecule has 0 radical (unpaired) electrons. The maximum absolute atomic E-state index is 13.0. The number of aryl methyl sites for hydroxylation is 2. The van der Waals surface area contributed by atoms with Crippen molar-refractivity contribution >= 4 is 28.6 Å². The molecule has 1 amide bonds. The number of anilines is 1. The number of nitrogens with one attached hydrogen (secondary N) is 1. The lowest BCUT2D eigenvalue weighted by Gasteiger charge is -2.14. The minimum atomic E-state index is -1.06. The Balaban J connectivity index is 1.65. The van der Waals surface area contributed by atoms with Crippen molar-refractivity contribution in [1.29, 1.82) is 5.26 Å². The fraction of sp³-hybridized carbons (Fsp3) is 0.320. The molecule has 0 fully saturated rings. The molecule has 8 heteroatoms. The number of aromatic nitrogens is 2. The molecule has 0 saturated carbocycles. The van der Waals surface area contributed by atoms with Gasteiger partial charge in [0.2, 0.25) is 0 Å². The number of amides is 1. The van der Waals surface area contributed by atoms with Crippen LogP contribution in [-0.4, -0.2) is 27.5 Å². The van der Waals surface area contributed by atoms with Gasteiger partial charge in [0.1, 0.15) is 11.8 Å². The maximum atomic E-state index is 13.0. The Labute approximate surface area is 191 Å². The van der Waals surface area contributed by atoms with Crippen LogP contribution in [0.3, 0.4) is 0 Å². The number of unbranched alkanes of at least 4 members (excludes halogenated alkanes) is 1. The zero-order valence-electron chi connectivity index (χ0n) is 18.7. The molecular formula is C25H26N4O4. The molecule has 0 bridgehead atoms. The Morgan fingerprint density at radius 1 is 1.18 bits per heavy atom. The summed E-state index contributed by atoms with van der Waals surface area (Å²) >= 11 is 0. The van der Waals surface area contributed by atoms with Gasteiger partial charge in [0, 0.05) is 13.0 Å². The third kappa shape index (κ3) is 5.83. The van der Waals surface area contributed by atoms with Gasteiger partial charge >= 0.3 is 5.97 Å². The van der Waals surface area contributed by atoms with Gasteiger partial charge in [-0.3, -0.25) is 14.4 Å². The van der Waals surface area contributed by atoms with Gasteiger partial charge in [0.15, 0.2) is 6.10 Å². The van der Waals surface area contributed by atoms with E-state index in [0.29, 0.717) is 29.0 Å². The fourth-order valence-corrected chi connectivity index (χ4v) is 3.40. The van der Waals surface area contributed by atoms with Crippen molar-refractivity contribution in [2.75, 3.05) is 5.32 Å². The van der Waals surface area contributed by atoms with Gasteiger partial charge in [0.05, 0.1) is 28.7 Å². The first kappa shape index (κ1) is 23.7. The second kappa shape index (κ2) is 11.0. The summed E-state index contributed by atoms with van der Waals surface area (Å²) in [5.41, 5.74) is 2.20. The van der Waals surface area contributed by atoms with Crippen molar-refractivity contribution in [2.24, 2.45) is 0 Å². The Hall–Kier alpha value is -3.99. The molecule has 1 atom stereocenters. The SMILES string of the molecule is CCCCn1c(=O)c(CCC(=O)OC(C)C(=O)Nc2ccccc2C#N)nc2ccccc21. The predicted molar refractivity (Wildman–Crippen MR) is 125 cm³/mol. The molecule has 3 rings (SSSR count). The topological polar surface area (TPSA) is 114 Å². The first-order valence-electron chi connectivity index (χ1n) is 10.9. The van der Waals surface area contributed by atoms with E-state index in [2.05, 4.69) is 17.2 Å². The van der Waals surface area contributed by atoms with Crippen molar-refractivity contribution in [3.8, 4) is 6.07 Å². The lowest BCUT2D eigenvalue weighted by Crippen LogP contribution is -2.31. The number of carbonyl (C=O) groups excluding carboxylic acids is 2. The number of carbonyl (C=O) groups is 2. The number of fused-ring (bicyclic) bond motifs is 1. The van der Waals surface area contributed by atoms with Gasteiger partial charge in [-0.05, 0) is 37.6 Å². The summed E-state index contributed by atoms with van der Waals surface area (Å²) in [5, 5.41) is 11.7. The molecule has 0 aliphatic carbocycles. The highest BCUT2D eigenvalue weighted by Crippen LogP contribution is 2.15. The number of ether oxygens (including phenoxy) is 1. The van der Waals surface area contributed by atoms with Crippen LogP contribution in [0.2, 0.25) is 0 Å². The van der Waals surface area contributed by atoms with Gasteiger partial charge in [-0.1, -0.05) is 37.6 Å². The summed E-state index contributed by atoms with van der Waals surface area (Å²) in [4.78, 5) is 42.1. The lowest BCUT2D eigenvalue weighted by atomic mass is 10.2. The van der Waals surface area contributed by atoms with E-state index in [1.165, 1.54) is 6.92 Å². The zero-order chi connectivity index (χ0) is 23.8. The lowest BCUT2D eigenvalue weighted by molar-refractivity contribution is -0.153. The molecule has 8 nitrogen and oxygen atoms in total. The fourth-order valence-electron chi connectivity index (χ4n) is 3.40. The van der Waals surface area contributed by atoms with E-state index < -0.39 is 18.0 Å². The van der Waals surface area contributed by atoms with Crippen LogP contribution in [0.15, 0.2) is 53.3 Å². The first-order chi connectivity index (χ1) is 15.9. The zero-order valence-corrected chi connectivity index (χ0v) is 18.7. The van der Waals surface area contributed by atoms with E-state index in [1.807, 2.05) is 30.3 Å². The third-order valence-corrected chi connectivity index (χ3v) is 5.20. The van der Waals surface area contributed by atoms with Gasteiger partial charge in [-0.2, -0.15) is 5.26 Å². The molecule has 0 spiro atoms.